The third-order valence-electron chi connectivity index (χ3n) is 4.44. The highest BCUT2D eigenvalue weighted by Gasteiger charge is 2.34. The summed E-state index contributed by atoms with van der Waals surface area (Å²) < 4.78 is 15.6. The number of benzene rings is 1. The number of urea groups is 1. The predicted octanol–water partition coefficient (Wildman–Crippen LogP) is 1.82. The molecule has 0 bridgehead atoms. The molecule has 31 heavy (non-hydrogen) atoms. The molecule has 0 spiro atoms. The van der Waals surface area contributed by atoms with Crippen molar-refractivity contribution in [1.82, 2.24) is 20.6 Å². The molecule has 162 valence electrons. The zero-order chi connectivity index (χ0) is 22.4. The first-order valence-electron chi connectivity index (χ1n) is 9.50. The lowest BCUT2D eigenvalue weighted by Gasteiger charge is -2.29. The van der Waals surface area contributed by atoms with Crippen molar-refractivity contribution in [3.05, 3.63) is 64.9 Å². The number of methoxy groups -OCH3 is 1. The van der Waals surface area contributed by atoms with E-state index in [9.17, 15) is 14.4 Å². The van der Waals surface area contributed by atoms with Crippen LogP contribution in [0.4, 0.5) is 4.79 Å². The van der Waals surface area contributed by atoms with Crippen molar-refractivity contribution in [1.29, 1.82) is 0 Å². The van der Waals surface area contributed by atoms with E-state index in [1.807, 2.05) is 0 Å². The van der Waals surface area contributed by atoms with Crippen LogP contribution in [0.1, 0.15) is 34.7 Å². The van der Waals surface area contributed by atoms with E-state index in [1.54, 1.807) is 38.1 Å². The zero-order valence-corrected chi connectivity index (χ0v) is 17.3. The van der Waals surface area contributed by atoms with Gasteiger partial charge in [0.2, 0.25) is 0 Å². The second kappa shape index (κ2) is 9.70. The fourth-order valence-electron chi connectivity index (χ4n) is 2.94. The first kappa shape index (κ1) is 21.8. The average Bonchev–Trinajstić information content (AvgIpc) is 2.77. The second-order valence-electron chi connectivity index (χ2n) is 6.54. The zero-order valence-electron chi connectivity index (χ0n) is 17.3. The number of esters is 2. The summed E-state index contributed by atoms with van der Waals surface area (Å²) in [5.41, 5.74) is 1.55. The minimum absolute atomic E-state index is 0.0100. The van der Waals surface area contributed by atoms with Crippen molar-refractivity contribution < 1.29 is 28.6 Å². The van der Waals surface area contributed by atoms with E-state index in [1.165, 1.54) is 19.5 Å². The maximum atomic E-state index is 12.7. The number of aryl methyl sites for hydroxylation is 1. The Morgan fingerprint density at radius 1 is 1.06 bits per heavy atom. The Labute approximate surface area is 178 Å². The summed E-state index contributed by atoms with van der Waals surface area (Å²) in [6, 6.07) is 5.52. The Bertz CT molecular complexity index is 1000. The van der Waals surface area contributed by atoms with Crippen LogP contribution in [0.25, 0.3) is 0 Å². The number of aromatic nitrogens is 2. The van der Waals surface area contributed by atoms with Gasteiger partial charge in [-0.05, 0) is 31.5 Å². The van der Waals surface area contributed by atoms with Gasteiger partial charge in [0.15, 0.2) is 5.69 Å². The minimum Gasteiger partial charge on any atom is -0.497 e. The van der Waals surface area contributed by atoms with Crippen molar-refractivity contribution in [3.8, 4) is 5.75 Å². The van der Waals surface area contributed by atoms with E-state index in [-0.39, 0.29) is 30.2 Å². The monoisotopic (exact) mass is 426 g/mol. The molecular formula is C21H22N4O6. The van der Waals surface area contributed by atoms with Crippen LogP contribution in [0.5, 0.6) is 5.75 Å². The first-order valence-corrected chi connectivity index (χ1v) is 9.50. The molecule has 1 aromatic carbocycles. The molecule has 0 radical (unpaired) electrons. The lowest BCUT2D eigenvalue weighted by Crippen LogP contribution is -2.47. The van der Waals surface area contributed by atoms with Crippen LogP contribution in [-0.4, -0.2) is 48.3 Å². The van der Waals surface area contributed by atoms with E-state index in [4.69, 9.17) is 14.2 Å². The number of rotatable bonds is 7. The lowest BCUT2D eigenvalue weighted by molar-refractivity contribution is -0.139. The number of amides is 2. The molecule has 0 saturated heterocycles. The standard InChI is InChI=1S/C21H22N4O6/c1-4-30-20(27)17-16(11-31-19(26)15-10-22-12(2)9-23-15)24-21(28)25-18(17)13-5-7-14(29-3)8-6-13/h5-10,18H,4,11H2,1-3H3,(H2,24,25,28). The number of nitrogens with one attached hydrogen (secondary N) is 2. The van der Waals surface area contributed by atoms with Crippen LogP contribution in [-0.2, 0) is 14.3 Å². The van der Waals surface area contributed by atoms with E-state index < -0.39 is 24.0 Å². The fourth-order valence-corrected chi connectivity index (χ4v) is 2.94. The normalized spacial score (nSPS) is 15.6. The van der Waals surface area contributed by atoms with Gasteiger partial charge in [-0.3, -0.25) is 4.98 Å². The summed E-state index contributed by atoms with van der Waals surface area (Å²) in [5, 5.41) is 5.24. The number of hydrogen-bond acceptors (Lipinski definition) is 8. The van der Waals surface area contributed by atoms with Gasteiger partial charge < -0.3 is 24.8 Å². The Morgan fingerprint density at radius 2 is 1.81 bits per heavy atom. The summed E-state index contributed by atoms with van der Waals surface area (Å²) in [7, 11) is 1.54. The molecule has 1 unspecified atom stereocenters. The van der Waals surface area contributed by atoms with E-state index in [0.717, 1.165) is 0 Å². The average molecular weight is 426 g/mol. The van der Waals surface area contributed by atoms with Gasteiger partial charge in [0.05, 0.1) is 42.9 Å². The lowest BCUT2D eigenvalue weighted by atomic mass is 9.95. The molecule has 2 amide bonds. The van der Waals surface area contributed by atoms with Crippen molar-refractivity contribution in [3.63, 3.8) is 0 Å². The molecule has 1 aromatic heterocycles. The van der Waals surface area contributed by atoms with Crippen LogP contribution in [0.2, 0.25) is 0 Å². The van der Waals surface area contributed by atoms with Gasteiger partial charge in [0.25, 0.3) is 0 Å². The quantitative estimate of drug-likeness (QED) is 0.642. The summed E-state index contributed by atoms with van der Waals surface area (Å²) in [6.07, 6.45) is 2.73. The number of ether oxygens (including phenoxy) is 3. The molecule has 1 aliphatic rings. The van der Waals surface area contributed by atoms with Gasteiger partial charge in [0, 0.05) is 6.20 Å². The molecule has 1 atom stereocenters. The van der Waals surface area contributed by atoms with Gasteiger partial charge in [-0.25, -0.2) is 19.4 Å². The Morgan fingerprint density at radius 3 is 2.42 bits per heavy atom. The SMILES string of the molecule is CCOC(=O)C1=C(COC(=O)c2cnc(C)cn2)NC(=O)NC1c1ccc(OC)cc1. The van der Waals surface area contributed by atoms with Gasteiger partial charge >= 0.3 is 18.0 Å². The molecule has 10 nitrogen and oxygen atoms in total. The summed E-state index contributed by atoms with van der Waals surface area (Å²) in [6.45, 7) is 3.19. The summed E-state index contributed by atoms with van der Waals surface area (Å²) >= 11 is 0. The van der Waals surface area contributed by atoms with E-state index in [2.05, 4.69) is 20.6 Å². The van der Waals surface area contributed by atoms with Crippen LogP contribution >= 0.6 is 0 Å². The molecule has 0 fully saturated rings. The third-order valence-corrected chi connectivity index (χ3v) is 4.44. The Hall–Kier alpha value is -3.95. The molecule has 1 aliphatic heterocycles. The summed E-state index contributed by atoms with van der Waals surface area (Å²) in [4.78, 5) is 45.2. The van der Waals surface area contributed by atoms with Crippen LogP contribution in [0.15, 0.2) is 47.9 Å². The van der Waals surface area contributed by atoms with Gasteiger partial charge in [-0.2, -0.15) is 0 Å². The highest BCUT2D eigenvalue weighted by Crippen LogP contribution is 2.29. The fraction of sp³-hybridized carbons (Fsp3) is 0.286. The van der Waals surface area contributed by atoms with Crippen molar-refractivity contribution >= 4 is 18.0 Å². The molecule has 10 heteroatoms. The maximum Gasteiger partial charge on any atom is 0.358 e. The van der Waals surface area contributed by atoms with Gasteiger partial charge in [0.1, 0.15) is 12.4 Å². The predicted molar refractivity (Wildman–Crippen MR) is 108 cm³/mol. The van der Waals surface area contributed by atoms with Gasteiger partial charge in [-0.1, -0.05) is 12.1 Å². The van der Waals surface area contributed by atoms with Crippen molar-refractivity contribution in [2.45, 2.75) is 19.9 Å². The molecular weight excluding hydrogens is 404 g/mol. The Kier molecular flexibility index (Phi) is 6.81. The highest BCUT2D eigenvalue weighted by atomic mass is 16.5. The van der Waals surface area contributed by atoms with Crippen LogP contribution in [0, 0.1) is 6.92 Å². The first-order chi connectivity index (χ1) is 14.9. The molecule has 2 N–H and O–H groups in total. The topological polar surface area (TPSA) is 129 Å². The Balaban J connectivity index is 1.91. The van der Waals surface area contributed by atoms with E-state index in [0.29, 0.717) is 17.0 Å². The van der Waals surface area contributed by atoms with Crippen LogP contribution in [0.3, 0.4) is 0 Å². The smallest absolute Gasteiger partial charge is 0.358 e. The maximum absolute atomic E-state index is 12.7. The number of hydrogen-bond donors (Lipinski definition) is 2. The third kappa shape index (κ3) is 5.16. The van der Waals surface area contributed by atoms with Gasteiger partial charge in [-0.15, -0.1) is 0 Å². The molecule has 2 aromatic rings. The highest BCUT2D eigenvalue weighted by molar-refractivity contribution is 5.95. The van der Waals surface area contributed by atoms with Crippen molar-refractivity contribution in [2.24, 2.45) is 0 Å². The second-order valence-corrected chi connectivity index (χ2v) is 6.54. The molecule has 2 heterocycles. The molecule has 3 rings (SSSR count). The molecule has 0 saturated carbocycles. The molecule has 0 aliphatic carbocycles. The number of nitrogens with zero attached hydrogens (tertiary/aromatic N) is 2. The minimum atomic E-state index is -0.799. The summed E-state index contributed by atoms with van der Waals surface area (Å²) in [5.74, 6) is -0.756. The number of carbonyl (C=O) groups is 3. The largest absolute Gasteiger partial charge is 0.497 e. The van der Waals surface area contributed by atoms with Crippen LogP contribution < -0.4 is 15.4 Å². The number of carbonyl (C=O) groups excluding carboxylic acids is 3. The van der Waals surface area contributed by atoms with Crippen molar-refractivity contribution in [2.75, 3.05) is 20.3 Å². The van der Waals surface area contributed by atoms with E-state index >= 15 is 0 Å².